The molecule has 1 saturated heterocycles. The van der Waals surface area contributed by atoms with Crippen LogP contribution in [0.1, 0.15) is 61.0 Å². The van der Waals surface area contributed by atoms with Gasteiger partial charge in [-0.25, -0.2) is 18.3 Å². The molecule has 0 N–H and O–H groups in total. The molecule has 3 aromatic rings. The summed E-state index contributed by atoms with van der Waals surface area (Å²) in [5.74, 6) is 3.13. The van der Waals surface area contributed by atoms with Crippen molar-refractivity contribution in [2.45, 2.75) is 50.5 Å². The van der Waals surface area contributed by atoms with Crippen LogP contribution in [0.15, 0.2) is 36.5 Å². The Morgan fingerprint density at radius 1 is 1.00 bits per heavy atom. The van der Waals surface area contributed by atoms with E-state index in [1.807, 2.05) is 4.90 Å². The molecule has 4 saturated carbocycles. The summed E-state index contributed by atoms with van der Waals surface area (Å²) in [6, 6.07) is 8.40. The number of hydrogen-bond donors (Lipinski definition) is 0. The predicted molar refractivity (Wildman–Crippen MR) is 138 cm³/mol. The number of amides is 1. The van der Waals surface area contributed by atoms with Gasteiger partial charge in [0, 0.05) is 37.3 Å². The molecule has 7 nitrogen and oxygen atoms in total. The standard InChI is InChI=1S/C29H33F2N5O2/c1-38-22-4-2-21(3-5-22)24-13-25(26(30)31)36-27(33-24)23(17-32-36)28(37)34-6-8-35(9-7-34)29-14-18-10-19(15-29)12-20(11-18)16-29/h2-5,13,17-20,26H,6-12,14-16H2,1H3. The van der Waals surface area contributed by atoms with Crippen molar-refractivity contribution < 1.29 is 18.3 Å². The van der Waals surface area contributed by atoms with E-state index in [9.17, 15) is 13.6 Å². The number of halogens is 2. The van der Waals surface area contributed by atoms with Crippen molar-refractivity contribution >= 4 is 11.6 Å². The quantitative estimate of drug-likeness (QED) is 0.469. The number of nitrogens with zero attached hydrogens (tertiary/aromatic N) is 5. The molecule has 38 heavy (non-hydrogen) atoms. The summed E-state index contributed by atoms with van der Waals surface area (Å²) in [5, 5.41) is 4.16. The molecule has 0 atom stereocenters. The number of rotatable bonds is 5. The minimum Gasteiger partial charge on any atom is -0.497 e. The second-order valence-electron chi connectivity index (χ2n) is 11.8. The molecule has 2 aromatic heterocycles. The van der Waals surface area contributed by atoms with Crippen LogP contribution in [-0.4, -0.2) is 69.1 Å². The fraction of sp³-hybridized carbons (Fsp3) is 0.552. The molecule has 4 bridgehead atoms. The SMILES string of the molecule is COc1ccc(-c2cc(C(F)F)n3ncc(C(=O)N4CCN(C56CC7CC(CC(C7)C5)C6)CC4)c3n2)cc1. The highest BCUT2D eigenvalue weighted by Crippen LogP contribution is 2.57. The van der Waals surface area contributed by atoms with Gasteiger partial charge in [0.15, 0.2) is 5.65 Å². The van der Waals surface area contributed by atoms with Crippen molar-refractivity contribution in [2.75, 3.05) is 33.3 Å². The molecule has 0 radical (unpaired) electrons. The highest BCUT2D eigenvalue weighted by Gasteiger charge is 2.53. The van der Waals surface area contributed by atoms with Crippen LogP contribution in [-0.2, 0) is 0 Å². The van der Waals surface area contributed by atoms with E-state index in [0.717, 1.165) is 35.4 Å². The maximum atomic E-state index is 14.0. The van der Waals surface area contributed by atoms with Crippen LogP contribution in [0, 0.1) is 17.8 Å². The number of carbonyl (C=O) groups excluding carboxylic acids is 1. The number of ether oxygens (including phenoxy) is 1. The fourth-order valence-corrected chi connectivity index (χ4v) is 8.21. The van der Waals surface area contributed by atoms with Gasteiger partial charge in [-0.05, 0) is 86.6 Å². The van der Waals surface area contributed by atoms with Crippen LogP contribution in [0.2, 0.25) is 0 Å². The normalized spacial score (nSPS) is 28.9. The van der Waals surface area contributed by atoms with E-state index in [1.165, 1.54) is 50.8 Å². The third kappa shape index (κ3) is 3.89. The minimum atomic E-state index is -2.76. The lowest BCUT2D eigenvalue weighted by atomic mass is 9.52. The first-order valence-corrected chi connectivity index (χ1v) is 13.8. The van der Waals surface area contributed by atoms with E-state index >= 15 is 0 Å². The van der Waals surface area contributed by atoms with E-state index in [1.54, 1.807) is 31.4 Å². The second-order valence-corrected chi connectivity index (χ2v) is 11.8. The fourth-order valence-electron chi connectivity index (χ4n) is 8.21. The molecule has 0 spiro atoms. The third-order valence-corrected chi connectivity index (χ3v) is 9.58. The molecule has 1 aliphatic heterocycles. The maximum absolute atomic E-state index is 14.0. The number of carbonyl (C=O) groups is 1. The average Bonchev–Trinajstić information content (AvgIpc) is 3.35. The van der Waals surface area contributed by atoms with Gasteiger partial charge in [-0.2, -0.15) is 5.10 Å². The first-order chi connectivity index (χ1) is 18.4. The van der Waals surface area contributed by atoms with Crippen LogP contribution < -0.4 is 4.74 Å². The monoisotopic (exact) mass is 521 g/mol. The zero-order chi connectivity index (χ0) is 26.0. The van der Waals surface area contributed by atoms with E-state index in [-0.39, 0.29) is 22.8 Å². The molecule has 4 aliphatic carbocycles. The summed E-state index contributed by atoms with van der Waals surface area (Å²) in [4.78, 5) is 22.8. The third-order valence-electron chi connectivity index (χ3n) is 9.58. The van der Waals surface area contributed by atoms with Gasteiger partial charge in [-0.1, -0.05) is 0 Å². The molecular weight excluding hydrogens is 488 g/mol. The maximum Gasteiger partial charge on any atom is 0.280 e. The van der Waals surface area contributed by atoms with Crippen LogP contribution in [0.5, 0.6) is 5.75 Å². The number of fused-ring (bicyclic) bond motifs is 1. The predicted octanol–water partition coefficient (Wildman–Crippen LogP) is 5.07. The zero-order valence-electron chi connectivity index (χ0n) is 21.7. The molecule has 1 amide bonds. The molecule has 0 unspecified atom stereocenters. The lowest BCUT2D eigenvalue weighted by molar-refractivity contribution is -0.0987. The van der Waals surface area contributed by atoms with Crippen LogP contribution in [0.25, 0.3) is 16.9 Å². The second kappa shape index (κ2) is 9.00. The zero-order valence-corrected chi connectivity index (χ0v) is 21.7. The Bertz CT molecular complexity index is 1330. The lowest BCUT2D eigenvalue weighted by Gasteiger charge is -2.61. The largest absolute Gasteiger partial charge is 0.497 e. The number of alkyl halides is 2. The van der Waals surface area contributed by atoms with Gasteiger partial charge in [0.25, 0.3) is 12.3 Å². The number of methoxy groups -OCH3 is 1. The molecule has 1 aromatic carbocycles. The van der Waals surface area contributed by atoms with Crippen molar-refractivity contribution in [2.24, 2.45) is 17.8 Å². The van der Waals surface area contributed by atoms with Gasteiger partial charge in [-0.15, -0.1) is 0 Å². The Labute approximate surface area is 220 Å². The molecule has 200 valence electrons. The lowest BCUT2D eigenvalue weighted by Crippen LogP contribution is -2.64. The number of aromatic nitrogens is 3. The van der Waals surface area contributed by atoms with Crippen LogP contribution in [0.4, 0.5) is 8.78 Å². The van der Waals surface area contributed by atoms with Crippen molar-refractivity contribution in [3.8, 4) is 17.0 Å². The Kier molecular flexibility index (Phi) is 5.69. The van der Waals surface area contributed by atoms with Gasteiger partial charge in [-0.3, -0.25) is 9.69 Å². The first kappa shape index (κ1) is 24.0. The first-order valence-electron chi connectivity index (χ1n) is 13.8. The van der Waals surface area contributed by atoms with Gasteiger partial charge in [0.05, 0.1) is 19.0 Å². The van der Waals surface area contributed by atoms with Crippen molar-refractivity contribution in [3.05, 3.63) is 47.8 Å². The van der Waals surface area contributed by atoms with Gasteiger partial charge < -0.3 is 9.64 Å². The highest BCUT2D eigenvalue weighted by atomic mass is 19.3. The summed E-state index contributed by atoms with van der Waals surface area (Å²) in [5.41, 5.74) is 1.52. The number of benzene rings is 1. The molecule has 3 heterocycles. The number of piperazine rings is 1. The Morgan fingerprint density at radius 3 is 2.21 bits per heavy atom. The Morgan fingerprint density at radius 2 is 1.63 bits per heavy atom. The van der Waals surface area contributed by atoms with Crippen LogP contribution >= 0.6 is 0 Å². The van der Waals surface area contributed by atoms with Gasteiger partial charge >= 0.3 is 0 Å². The van der Waals surface area contributed by atoms with Gasteiger partial charge in [0.1, 0.15) is 17.0 Å². The van der Waals surface area contributed by atoms with E-state index in [0.29, 0.717) is 35.6 Å². The Balaban J connectivity index is 1.14. The smallest absolute Gasteiger partial charge is 0.280 e. The van der Waals surface area contributed by atoms with Gasteiger partial charge in [0.2, 0.25) is 0 Å². The topological polar surface area (TPSA) is 63.0 Å². The minimum absolute atomic E-state index is 0.169. The molecular formula is C29H33F2N5O2. The van der Waals surface area contributed by atoms with E-state index in [2.05, 4.69) is 15.0 Å². The molecule has 9 heteroatoms. The molecule has 5 fully saturated rings. The summed E-state index contributed by atoms with van der Waals surface area (Å²) in [7, 11) is 1.57. The summed E-state index contributed by atoms with van der Waals surface area (Å²) in [6.45, 7) is 3.00. The highest BCUT2D eigenvalue weighted by molar-refractivity contribution is 6.00. The van der Waals surface area contributed by atoms with Crippen molar-refractivity contribution in [1.82, 2.24) is 24.4 Å². The Hall–Kier alpha value is -3.07. The summed E-state index contributed by atoms with van der Waals surface area (Å²) >= 11 is 0. The summed E-state index contributed by atoms with van der Waals surface area (Å²) < 4.78 is 34.4. The summed E-state index contributed by atoms with van der Waals surface area (Å²) in [6.07, 6.45) is 6.82. The van der Waals surface area contributed by atoms with Crippen molar-refractivity contribution in [3.63, 3.8) is 0 Å². The van der Waals surface area contributed by atoms with Crippen molar-refractivity contribution in [1.29, 1.82) is 0 Å². The number of hydrogen-bond acceptors (Lipinski definition) is 5. The average molecular weight is 522 g/mol. The molecule has 5 aliphatic rings. The van der Waals surface area contributed by atoms with Crippen LogP contribution in [0.3, 0.4) is 0 Å². The van der Waals surface area contributed by atoms with E-state index in [4.69, 9.17) is 4.74 Å². The molecule has 8 rings (SSSR count). The van der Waals surface area contributed by atoms with E-state index < -0.39 is 6.43 Å².